The van der Waals surface area contributed by atoms with Crippen LogP contribution < -0.4 is 4.74 Å². The standard InChI is InChI=1S/C13H13NO4/c1-3-16-12(15)11-8-17-13(14-11)18-10-6-4-5-9(2)7-10/h4-8H,3H2,1-2H3. The van der Waals surface area contributed by atoms with Gasteiger partial charge >= 0.3 is 12.0 Å². The molecule has 5 nitrogen and oxygen atoms in total. The Hall–Kier alpha value is -2.30. The number of aromatic nitrogens is 1. The Morgan fingerprint density at radius 1 is 1.44 bits per heavy atom. The molecule has 18 heavy (non-hydrogen) atoms. The van der Waals surface area contributed by atoms with Gasteiger partial charge in [0.25, 0.3) is 0 Å². The van der Waals surface area contributed by atoms with Crippen molar-refractivity contribution in [2.24, 2.45) is 0 Å². The number of nitrogens with zero attached hydrogens (tertiary/aromatic N) is 1. The van der Waals surface area contributed by atoms with Crippen molar-refractivity contribution >= 4 is 5.97 Å². The smallest absolute Gasteiger partial charge is 0.399 e. The van der Waals surface area contributed by atoms with Crippen LogP contribution in [0.1, 0.15) is 23.0 Å². The summed E-state index contributed by atoms with van der Waals surface area (Å²) >= 11 is 0. The molecule has 0 saturated heterocycles. The number of aryl methyl sites for hydroxylation is 1. The molecule has 0 saturated carbocycles. The molecule has 1 heterocycles. The molecule has 0 amide bonds. The van der Waals surface area contributed by atoms with Gasteiger partial charge in [-0.2, -0.15) is 4.98 Å². The van der Waals surface area contributed by atoms with Crippen LogP contribution in [0.15, 0.2) is 34.9 Å². The minimum atomic E-state index is -0.527. The maximum absolute atomic E-state index is 11.4. The first-order valence-corrected chi connectivity index (χ1v) is 5.56. The largest absolute Gasteiger partial charge is 0.461 e. The third-order valence-electron chi connectivity index (χ3n) is 2.16. The van der Waals surface area contributed by atoms with E-state index in [1.165, 1.54) is 6.26 Å². The van der Waals surface area contributed by atoms with Crippen molar-refractivity contribution in [3.05, 3.63) is 41.8 Å². The van der Waals surface area contributed by atoms with Gasteiger partial charge in [0.1, 0.15) is 12.0 Å². The zero-order valence-electron chi connectivity index (χ0n) is 10.2. The van der Waals surface area contributed by atoms with Crippen molar-refractivity contribution in [2.75, 3.05) is 6.61 Å². The molecule has 2 aromatic rings. The quantitative estimate of drug-likeness (QED) is 0.777. The lowest BCUT2D eigenvalue weighted by atomic mass is 10.2. The van der Waals surface area contributed by atoms with Crippen molar-refractivity contribution in [3.8, 4) is 11.8 Å². The highest BCUT2D eigenvalue weighted by molar-refractivity contribution is 5.86. The molecule has 1 aromatic carbocycles. The van der Waals surface area contributed by atoms with E-state index in [0.717, 1.165) is 5.56 Å². The Morgan fingerprint density at radius 3 is 3.00 bits per heavy atom. The van der Waals surface area contributed by atoms with Gasteiger partial charge in [0.15, 0.2) is 5.69 Å². The summed E-state index contributed by atoms with van der Waals surface area (Å²) < 4.78 is 15.2. The average molecular weight is 247 g/mol. The van der Waals surface area contributed by atoms with Gasteiger partial charge in [-0.15, -0.1) is 0 Å². The van der Waals surface area contributed by atoms with E-state index in [4.69, 9.17) is 13.9 Å². The lowest BCUT2D eigenvalue weighted by Gasteiger charge is -2.00. The second-order valence-electron chi connectivity index (χ2n) is 3.64. The fraction of sp³-hybridized carbons (Fsp3) is 0.231. The number of carbonyl (C=O) groups is 1. The van der Waals surface area contributed by atoms with Crippen LogP contribution in [0.25, 0.3) is 0 Å². The molecule has 0 aliphatic carbocycles. The number of hydrogen-bond donors (Lipinski definition) is 0. The first kappa shape index (κ1) is 12.2. The molecule has 0 bridgehead atoms. The number of hydrogen-bond acceptors (Lipinski definition) is 5. The number of oxazole rings is 1. The molecule has 0 unspecified atom stereocenters. The van der Waals surface area contributed by atoms with Gasteiger partial charge in [-0.25, -0.2) is 4.79 Å². The van der Waals surface area contributed by atoms with Crippen molar-refractivity contribution < 1.29 is 18.7 Å². The summed E-state index contributed by atoms with van der Waals surface area (Å²) in [5, 5.41) is 0. The van der Waals surface area contributed by atoms with Gasteiger partial charge < -0.3 is 13.9 Å². The maximum atomic E-state index is 11.4. The van der Waals surface area contributed by atoms with E-state index in [9.17, 15) is 4.79 Å². The van der Waals surface area contributed by atoms with Crippen LogP contribution in [0.4, 0.5) is 0 Å². The van der Waals surface area contributed by atoms with E-state index in [-0.39, 0.29) is 11.8 Å². The number of carbonyl (C=O) groups excluding carboxylic acids is 1. The molecule has 0 radical (unpaired) electrons. The van der Waals surface area contributed by atoms with Gasteiger partial charge in [0.2, 0.25) is 0 Å². The first-order chi connectivity index (χ1) is 8.69. The number of benzene rings is 1. The zero-order valence-corrected chi connectivity index (χ0v) is 10.2. The lowest BCUT2D eigenvalue weighted by molar-refractivity contribution is 0.0519. The predicted octanol–water partition coefficient (Wildman–Crippen LogP) is 2.95. The highest BCUT2D eigenvalue weighted by Gasteiger charge is 2.14. The third-order valence-corrected chi connectivity index (χ3v) is 2.16. The summed E-state index contributed by atoms with van der Waals surface area (Å²) in [6.07, 6.45) is 1.23. The summed E-state index contributed by atoms with van der Waals surface area (Å²) in [5.41, 5.74) is 1.16. The zero-order chi connectivity index (χ0) is 13.0. The van der Waals surface area contributed by atoms with Gasteiger partial charge in [0, 0.05) is 0 Å². The summed E-state index contributed by atoms with van der Waals surface area (Å²) in [6.45, 7) is 3.97. The Kier molecular flexibility index (Phi) is 3.62. The summed E-state index contributed by atoms with van der Waals surface area (Å²) in [4.78, 5) is 15.3. The third kappa shape index (κ3) is 2.88. The number of ether oxygens (including phenoxy) is 2. The van der Waals surface area contributed by atoms with Gasteiger partial charge in [-0.05, 0) is 31.5 Å². The van der Waals surface area contributed by atoms with E-state index in [1.54, 1.807) is 13.0 Å². The highest BCUT2D eigenvalue weighted by Crippen LogP contribution is 2.21. The van der Waals surface area contributed by atoms with E-state index in [0.29, 0.717) is 12.4 Å². The topological polar surface area (TPSA) is 61.6 Å². The first-order valence-electron chi connectivity index (χ1n) is 5.56. The second-order valence-corrected chi connectivity index (χ2v) is 3.64. The van der Waals surface area contributed by atoms with Crippen LogP contribution >= 0.6 is 0 Å². The van der Waals surface area contributed by atoms with E-state index in [2.05, 4.69) is 4.98 Å². The van der Waals surface area contributed by atoms with Crippen molar-refractivity contribution in [2.45, 2.75) is 13.8 Å². The number of rotatable bonds is 4. The minimum Gasteiger partial charge on any atom is -0.461 e. The van der Waals surface area contributed by atoms with E-state index < -0.39 is 5.97 Å². The summed E-state index contributed by atoms with van der Waals surface area (Å²) in [5.74, 6) is 0.0765. The van der Waals surface area contributed by atoms with Crippen LogP contribution in [0, 0.1) is 6.92 Å². The van der Waals surface area contributed by atoms with Gasteiger partial charge in [-0.1, -0.05) is 12.1 Å². The van der Waals surface area contributed by atoms with Gasteiger partial charge in [-0.3, -0.25) is 0 Å². The van der Waals surface area contributed by atoms with E-state index >= 15 is 0 Å². The summed E-state index contributed by atoms with van der Waals surface area (Å²) in [7, 11) is 0. The van der Waals surface area contributed by atoms with Crippen LogP contribution in [0.3, 0.4) is 0 Å². The Morgan fingerprint density at radius 2 is 2.28 bits per heavy atom. The fourth-order valence-electron chi connectivity index (χ4n) is 1.38. The lowest BCUT2D eigenvalue weighted by Crippen LogP contribution is -2.04. The maximum Gasteiger partial charge on any atom is 0.399 e. The number of esters is 1. The molecule has 94 valence electrons. The molecular weight excluding hydrogens is 234 g/mol. The molecule has 1 aromatic heterocycles. The molecule has 0 atom stereocenters. The molecule has 0 aliphatic heterocycles. The molecule has 0 fully saturated rings. The summed E-state index contributed by atoms with van der Waals surface area (Å²) in [6, 6.07) is 7.43. The van der Waals surface area contributed by atoms with Crippen LogP contribution in [0.5, 0.6) is 11.8 Å². The molecule has 0 spiro atoms. The van der Waals surface area contributed by atoms with Crippen molar-refractivity contribution in [1.82, 2.24) is 4.98 Å². The van der Waals surface area contributed by atoms with Crippen LogP contribution in [-0.4, -0.2) is 17.6 Å². The monoisotopic (exact) mass is 247 g/mol. The Labute approximate surface area is 104 Å². The second kappa shape index (κ2) is 5.35. The normalized spacial score (nSPS) is 10.1. The predicted molar refractivity (Wildman–Crippen MR) is 63.7 cm³/mol. The molecule has 5 heteroatoms. The van der Waals surface area contributed by atoms with Crippen molar-refractivity contribution in [3.63, 3.8) is 0 Å². The van der Waals surface area contributed by atoms with Crippen LogP contribution in [0.2, 0.25) is 0 Å². The van der Waals surface area contributed by atoms with Gasteiger partial charge in [0.05, 0.1) is 6.61 Å². The average Bonchev–Trinajstić information content (AvgIpc) is 2.78. The van der Waals surface area contributed by atoms with Crippen molar-refractivity contribution in [1.29, 1.82) is 0 Å². The fourth-order valence-corrected chi connectivity index (χ4v) is 1.38. The van der Waals surface area contributed by atoms with E-state index in [1.807, 2.05) is 25.1 Å². The minimum absolute atomic E-state index is 0.0173. The Bertz CT molecular complexity index is 547. The highest BCUT2D eigenvalue weighted by atomic mass is 16.6. The molecule has 0 aliphatic rings. The molecule has 0 N–H and O–H groups in total. The molecule has 2 rings (SSSR count). The van der Waals surface area contributed by atoms with Crippen LogP contribution in [-0.2, 0) is 4.74 Å². The Balaban J connectivity index is 2.09. The SMILES string of the molecule is CCOC(=O)c1coc(Oc2cccc(C)c2)n1. The molecular formula is C13H13NO4.